The maximum atomic E-state index is 12.2. The molecule has 0 radical (unpaired) electrons. The Hall–Kier alpha value is -1.89. The Morgan fingerprint density at radius 1 is 1.32 bits per heavy atom. The van der Waals surface area contributed by atoms with Crippen LogP contribution in [0.4, 0.5) is 0 Å². The molecule has 3 rings (SSSR count). The number of rotatable bonds is 3. The van der Waals surface area contributed by atoms with E-state index in [-0.39, 0.29) is 29.7 Å². The smallest absolute Gasteiger partial charge is 0.290 e. The fourth-order valence-electron chi connectivity index (χ4n) is 2.95. The lowest BCUT2D eigenvalue weighted by molar-refractivity contribution is -0.142. The zero-order valence-corrected chi connectivity index (χ0v) is 12.7. The molecule has 7 nitrogen and oxygen atoms in total. The molecule has 1 aromatic heterocycles. The molecule has 120 valence electrons. The normalized spacial score (nSPS) is 22.8. The average Bonchev–Trinajstić information content (AvgIpc) is 3.18. The number of hydrogen-bond acceptors (Lipinski definition) is 5. The first-order valence-corrected chi connectivity index (χ1v) is 7.78. The van der Waals surface area contributed by atoms with Crippen LogP contribution in [0.3, 0.4) is 0 Å². The third-order valence-corrected chi connectivity index (χ3v) is 4.20. The van der Waals surface area contributed by atoms with Crippen molar-refractivity contribution in [2.75, 3.05) is 19.7 Å². The molecule has 0 unspecified atom stereocenters. The molecule has 0 saturated carbocycles. The van der Waals surface area contributed by atoms with Crippen molar-refractivity contribution in [3.05, 3.63) is 17.5 Å². The zero-order chi connectivity index (χ0) is 15.5. The van der Waals surface area contributed by atoms with E-state index >= 15 is 0 Å². The largest absolute Gasteiger partial charge is 0.368 e. The quantitative estimate of drug-likeness (QED) is 0.896. The molecular weight excluding hydrogens is 286 g/mol. The summed E-state index contributed by atoms with van der Waals surface area (Å²) in [6, 6.07) is 1.68. The van der Waals surface area contributed by atoms with E-state index in [2.05, 4.69) is 10.5 Å². The first kappa shape index (κ1) is 15.0. The van der Waals surface area contributed by atoms with Crippen molar-refractivity contribution in [1.29, 1.82) is 0 Å². The van der Waals surface area contributed by atoms with Gasteiger partial charge in [-0.2, -0.15) is 0 Å². The van der Waals surface area contributed by atoms with Gasteiger partial charge < -0.3 is 19.5 Å². The lowest BCUT2D eigenvalue weighted by Gasteiger charge is -2.33. The van der Waals surface area contributed by atoms with E-state index in [9.17, 15) is 9.59 Å². The van der Waals surface area contributed by atoms with E-state index in [0.29, 0.717) is 25.4 Å². The summed E-state index contributed by atoms with van der Waals surface area (Å²) in [6.45, 7) is 3.76. The highest BCUT2D eigenvalue weighted by Crippen LogP contribution is 2.18. The minimum absolute atomic E-state index is 0.0615. The Kier molecular flexibility index (Phi) is 4.42. The number of carbonyl (C=O) groups is 2. The van der Waals surface area contributed by atoms with Crippen molar-refractivity contribution < 1.29 is 18.8 Å². The van der Waals surface area contributed by atoms with Gasteiger partial charge in [0.25, 0.3) is 11.8 Å². The number of ether oxygens (including phenoxy) is 1. The summed E-state index contributed by atoms with van der Waals surface area (Å²) in [7, 11) is 0. The van der Waals surface area contributed by atoms with Crippen molar-refractivity contribution in [3.8, 4) is 0 Å². The Balaban J connectivity index is 1.47. The van der Waals surface area contributed by atoms with E-state index < -0.39 is 0 Å². The van der Waals surface area contributed by atoms with Gasteiger partial charge in [-0.25, -0.2) is 0 Å². The molecule has 1 atom stereocenters. The number of aromatic nitrogens is 1. The van der Waals surface area contributed by atoms with E-state index in [1.165, 1.54) is 0 Å². The lowest BCUT2D eigenvalue weighted by Crippen LogP contribution is -2.49. The van der Waals surface area contributed by atoms with Gasteiger partial charge in [-0.15, -0.1) is 0 Å². The van der Waals surface area contributed by atoms with Crippen LogP contribution >= 0.6 is 0 Å². The summed E-state index contributed by atoms with van der Waals surface area (Å²) in [5.41, 5.74) is 0.683. The maximum Gasteiger partial charge on any atom is 0.290 e. The van der Waals surface area contributed by atoms with Crippen molar-refractivity contribution in [3.63, 3.8) is 0 Å². The highest BCUT2D eigenvalue weighted by Gasteiger charge is 2.31. The highest BCUT2D eigenvalue weighted by atomic mass is 16.5. The standard InChI is InChI=1S/C15H21N3O4/c1-10-9-13(22-17-10)14(19)16-11-4-6-18(7-5-11)15(20)12-3-2-8-21-12/h9,11-12H,2-8H2,1H3,(H,16,19)/t12-/m1/s1. The summed E-state index contributed by atoms with van der Waals surface area (Å²) < 4.78 is 10.4. The van der Waals surface area contributed by atoms with Gasteiger partial charge in [-0.1, -0.05) is 5.16 Å². The summed E-state index contributed by atoms with van der Waals surface area (Å²) >= 11 is 0. The third kappa shape index (κ3) is 3.30. The van der Waals surface area contributed by atoms with E-state index in [1.807, 2.05) is 4.90 Å². The molecule has 1 aromatic rings. The van der Waals surface area contributed by atoms with E-state index in [1.54, 1.807) is 13.0 Å². The molecule has 3 heterocycles. The third-order valence-electron chi connectivity index (χ3n) is 4.20. The Morgan fingerprint density at radius 2 is 2.09 bits per heavy atom. The lowest BCUT2D eigenvalue weighted by atomic mass is 10.0. The first-order valence-electron chi connectivity index (χ1n) is 7.78. The molecule has 2 amide bonds. The number of piperidine rings is 1. The van der Waals surface area contributed by atoms with Crippen LogP contribution in [0.25, 0.3) is 0 Å². The van der Waals surface area contributed by atoms with Crippen LogP contribution < -0.4 is 5.32 Å². The molecule has 2 aliphatic heterocycles. The van der Waals surface area contributed by atoms with Gasteiger partial charge in [0.15, 0.2) is 0 Å². The minimum atomic E-state index is -0.261. The van der Waals surface area contributed by atoms with Gasteiger partial charge in [-0.05, 0) is 32.6 Å². The second kappa shape index (κ2) is 6.48. The Morgan fingerprint density at radius 3 is 2.68 bits per heavy atom. The fourth-order valence-corrected chi connectivity index (χ4v) is 2.95. The SMILES string of the molecule is Cc1cc(C(=O)NC2CCN(C(=O)[C@H]3CCCO3)CC2)on1. The molecule has 2 fully saturated rings. The van der Waals surface area contributed by atoms with Crippen LogP contribution in [0.1, 0.15) is 41.9 Å². The van der Waals surface area contributed by atoms with Gasteiger partial charge in [0, 0.05) is 31.8 Å². The number of hydrogen-bond donors (Lipinski definition) is 1. The molecule has 22 heavy (non-hydrogen) atoms. The highest BCUT2D eigenvalue weighted by molar-refractivity contribution is 5.91. The van der Waals surface area contributed by atoms with Crippen LogP contribution in [-0.4, -0.2) is 53.7 Å². The molecular formula is C15H21N3O4. The van der Waals surface area contributed by atoms with Crippen LogP contribution in [0.15, 0.2) is 10.6 Å². The summed E-state index contributed by atoms with van der Waals surface area (Å²) in [5.74, 6) is 0.0769. The van der Waals surface area contributed by atoms with Gasteiger partial charge in [-0.3, -0.25) is 9.59 Å². The number of nitrogens with one attached hydrogen (secondary N) is 1. The molecule has 2 saturated heterocycles. The maximum absolute atomic E-state index is 12.2. The average molecular weight is 307 g/mol. The number of likely N-dealkylation sites (tertiary alicyclic amines) is 1. The number of aryl methyl sites for hydroxylation is 1. The minimum Gasteiger partial charge on any atom is -0.368 e. The Labute approximate surface area is 129 Å². The topological polar surface area (TPSA) is 84.7 Å². The van der Waals surface area contributed by atoms with Gasteiger partial charge >= 0.3 is 0 Å². The molecule has 2 aliphatic rings. The second-order valence-electron chi connectivity index (χ2n) is 5.91. The van der Waals surface area contributed by atoms with Gasteiger partial charge in [0.1, 0.15) is 6.10 Å². The summed E-state index contributed by atoms with van der Waals surface area (Å²) in [4.78, 5) is 26.1. The van der Waals surface area contributed by atoms with Crippen molar-refractivity contribution in [2.45, 2.75) is 44.8 Å². The van der Waals surface area contributed by atoms with E-state index in [0.717, 1.165) is 25.7 Å². The molecule has 0 bridgehead atoms. The summed E-state index contributed by atoms with van der Waals surface area (Å²) in [5, 5.41) is 6.64. The molecule has 7 heteroatoms. The van der Waals surface area contributed by atoms with E-state index in [4.69, 9.17) is 9.26 Å². The van der Waals surface area contributed by atoms with Crippen molar-refractivity contribution in [1.82, 2.24) is 15.4 Å². The Bertz CT molecular complexity index is 543. The second-order valence-corrected chi connectivity index (χ2v) is 5.91. The predicted molar refractivity (Wildman–Crippen MR) is 77.3 cm³/mol. The monoisotopic (exact) mass is 307 g/mol. The van der Waals surface area contributed by atoms with Crippen molar-refractivity contribution >= 4 is 11.8 Å². The molecule has 1 N–H and O–H groups in total. The van der Waals surface area contributed by atoms with Gasteiger partial charge in [0.2, 0.25) is 5.76 Å². The molecule has 0 spiro atoms. The fraction of sp³-hybridized carbons (Fsp3) is 0.667. The number of nitrogens with zero attached hydrogens (tertiary/aromatic N) is 2. The van der Waals surface area contributed by atoms with Crippen LogP contribution in [-0.2, 0) is 9.53 Å². The number of amides is 2. The zero-order valence-electron chi connectivity index (χ0n) is 12.7. The first-order chi connectivity index (χ1) is 10.6. The van der Waals surface area contributed by atoms with Crippen LogP contribution in [0.5, 0.6) is 0 Å². The van der Waals surface area contributed by atoms with Crippen LogP contribution in [0, 0.1) is 6.92 Å². The van der Waals surface area contributed by atoms with Gasteiger partial charge in [0.05, 0.1) is 5.69 Å². The van der Waals surface area contributed by atoms with Crippen molar-refractivity contribution in [2.24, 2.45) is 0 Å². The number of carbonyl (C=O) groups excluding carboxylic acids is 2. The van der Waals surface area contributed by atoms with Crippen LogP contribution in [0.2, 0.25) is 0 Å². The molecule has 0 aliphatic carbocycles. The summed E-state index contributed by atoms with van der Waals surface area (Å²) in [6.07, 6.45) is 3.01. The molecule has 0 aromatic carbocycles. The predicted octanol–water partition coefficient (Wildman–Crippen LogP) is 0.883.